The summed E-state index contributed by atoms with van der Waals surface area (Å²) in [6.45, 7) is -0.563. The van der Waals surface area contributed by atoms with Crippen LogP contribution in [0.3, 0.4) is 0 Å². The molecule has 2 aromatic heterocycles. The maximum absolute atomic E-state index is 16.3. The Morgan fingerprint density at radius 3 is 2.66 bits per heavy atom. The van der Waals surface area contributed by atoms with E-state index in [9.17, 15) is 9.90 Å². The summed E-state index contributed by atoms with van der Waals surface area (Å²) in [5.74, 6) is -3.26. The van der Waals surface area contributed by atoms with Crippen LogP contribution >= 0.6 is 6.64 Å². The SMILES string of the molecule is CCOC(=O)[C@H](C)N[P@](=S)(OC[C@@]1(F)O[C@@H](n2cnc3c(N(C)C)nc(N)nc32)[C@](C)(F)[C@@H]1O)Oc1ccccc1. The second-order valence-electron chi connectivity index (χ2n) is 9.71. The van der Waals surface area contributed by atoms with Crippen LogP contribution in [0.5, 0.6) is 5.75 Å². The van der Waals surface area contributed by atoms with Gasteiger partial charge in [-0.15, -0.1) is 0 Å². The lowest BCUT2D eigenvalue weighted by atomic mass is 9.97. The zero-order chi connectivity index (χ0) is 30.2. The summed E-state index contributed by atoms with van der Waals surface area (Å²) in [5, 5.41) is 13.6. The number of halogens is 2. The van der Waals surface area contributed by atoms with E-state index in [-0.39, 0.29) is 29.5 Å². The van der Waals surface area contributed by atoms with E-state index >= 15 is 8.78 Å². The number of anilines is 2. The van der Waals surface area contributed by atoms with Gasteiger partial charge in [0.1, 0.15) is 18.4 Å². The van der Waals surface area contributed by atoms with Crippen LogP contribution in [-0.4, -0.2) is 81.6 Å². The number of nitrogen functional groups attached to an aromatic ring is 1. The van der Waals surface area contributed by atoms with Crippen molar-refractivity contribution >= 4 is 47.3 Å². The molecule has 1 fully saturated rings. The van der Waals surface area contributed by atoms with Crippen LogP contribution in [0, 0.1) is 0 Å². The predicted molar refractivity (Wildman–Crippen MR) is 150 cm³/mol. The molecule has 3 heterocycles. The highest BCUT2D eigenvalue weighted by Crippen LogP contribution is 2.52. The molecular formula is C24H32F2N7O6PS. The Morgan fingerprint density at radius 1 is 1.34 bits per heavy atom. The van der Waals surface area contributed by atoms with Crippen LogP contribution in [0.2, 0.25) is 0 Å². The molecule has 41 heavy (non-hydrogen) atoms. The number of hydrogen-bond donors (Lipinski definition) is 3. The molecule has 0 radical (unpaired) electrons. The molecule has 3 aromatic rings. The molecule has 0 bridgehead atoms. The van der Waals surface area contributed by atoms with Gasteiger partial charge in [-0.25, -0.2) is 18.9 Å². The number of ether oxygens (including phenoxy) is 2. The van der Waals surface area contributed by atoms with Gasteiger partial charge in [-0.2, -0.15) is 9.97 Å². The van der Waals surface area contributed by atoms with Gasteiger partial charge in [-0.05, 0) is 44.7 Å². The fourth-order valence-corrected chi connectivity index (χ4v) is 6.60. The minimum Gasteiger partial charge on any atom is -0.465 e. The Kier molecular flexibility index (Phi) is 8.83. The van der Waals surface area contributed by atoms with Crippen LogP contribution in [-0.2, 0) is 30.6 Å². The highest BCUT2D eigenvalue weighted by atomic mass is 32.5. The molecule has 4 N–H and O–H groups in total. The van der Waals surface area contributed by atoms with Crippen LogP contribution in [0.1, 0.15) is 27.0 Å². The third-order valence-electron chi connectivity index (χ3n) is 6.22. The fourth-order valence-electron chi connectivity index (χ4n) is 4.21. The van der Waals surface area contributed by atoms with Crippen molar-refractivity contribution in [3.05, 3.63) is 36.7 Å². The zero-order valence-electron chi connectivity index (χ0n) is 23.0. The summed E-state index contributed by atoms with van der Waals surface area (Å²) < 4.78 is 55.5. The van der Waals surface area contributed by atoms with Crippen LogP contribution in [0.4, 0.5) is 20.5 Å². The van der Waals surface area contributed by atoms with Crippen molar-refractivity contribution in [1.82, 2.24) is 24.6 Å². The van der Waals surface area contributed by atoms with E-state index in [2.05, 4.69) is 20.0 Å². The Labute approximate surface area is 240 Å². The van der Waals surface area contributed by atoms with E-state index in [1.54, 1.807) is 56.3 Å². The zero-order valence-corrected chi connectivity index (χ0v) is 24.7. The molecule has 1 aliphatic heterocycles. The largest absolute Gasteiger partial charge is 0.465 e. The third kappa shape index (κ3) is 6.27. The smallest absolute Gasteiger partial charge is 0.323 e. The minimum atomic E-state index is -3.71. The van der Waals surface area contributed by atoms with Gasteiger partial charge in [-0.1, -0.05) is 18.2 Å². The van der Waals surface area contributed by atoms with Crippen molar-refractivity contribution in [1.29, 1.82) is 0 Å². The molecule has 17 heteroatoms. The molecule has 4 rings (SSSR count). The number of fused-ring (bicyclic) bond motifs is 1. The number of benzene rings is 1. The van der Waals surface area contributed by atoms with Gasteiger partial charge < -0.3 is 34.3 Å². The summed E-state index contributed by atoms with van der Waals surface area (Å²) >= 11 is 5.57. The first-order valence-corrected chi connectivity index (χ1v) is 15.2. The van der Waals surface area contributed by atoms with E-state index in [0.717, 1.165) is 11.5 Å². The molecule has 0 spiro atoms. The van der Waals surface area contributed by atoms with Crippen molar-refractivity contribution in [2.24, 2.45) is 0 Å². The lowest BCUT2D eigenvalue weighted by molar-refractivity contribution is -0.202. The minimum absolute atomic E-state index is 0.0647. The predicted octanol–water partition coefficient (Wildman–Crippen LogP) is 2.62. The maximum Gasteiger partial charge on any atom is 0.323 e. The van der Waals surface area contributed by atoms with Crippen LogP contribution in [0.15, 0.2) is 36.7 Å². The van der Waals surface area contributed by atoms with Gasteiger partial charge in [0.25, 0.3) is 5.85 Å². The van der Waals surface area contributed by atoms with E-state index < -0.39 is 49.1 Å². The monoisotopic (exact) mass is 615 g/mol. The molecule has 0 amide bonds. The topological polar surface area (TPSA) is 159 Å². The van der Waals surface area contributed by atoms with Crippen LogP contribution in [0.25, 0.3) is 11.2 Å². The summed E-state index contributed by atoms with van der Waals surface area (Å²) in [6.07, 6.45) is -2.88. The molecule has 6 atom stereocenters. The quantitative estimate of drug-likeness (QED) is 0.214. The lowest BCUT2D eigenvalue weighted by Gasteiger charge is -2.30. The molecule has 1 aliphatic rings. The van der Waals surface area contributed by atoms with Crippen LogP contribution < -0.4 is 20.2 Å². The highest BCUT2D eigenvalue weighted by Gasteiger charge is 2.65. The van der Waals surface area contributed by atoms with Gasteiger partial charge in [0, 0.05) is 14.1 Å². The molecule has 13 nitrogen and oxygen atoms in total. The number of imidazole rings is 1. The van der Waals surface area contributed by atoms with E-state index in [4.69, 9.17) is 36.1 Å². The molecule has 1 saturated heterocycles. The number of nitrogens with one attached hydrogen (secondary N) is 1. The first-order chi connectivity index (χ1) is 19.2. The molecule has 0 aliphatic carbocycles. The summed E-state index contributed by atoms with van der Waals surface area (Å²) in [7, 11) is 3.41. The van der Waals surface area contributed by atoms with Gasteiger partial charge in [0.2, 0.25) is 5.95 Å². The molecule has 1 aromatic carbocycles. The summed E-state index contributed by atoms with van der Waals surface area (Å²) in [4.78, 5) is 26.4. The number of rotatable bonds is 11. The van der Waals surface area contributed by atoms with Crippen molar-refractivity contribution in [3.8, 4) is 5.75 Å². The highest BCUT2D eigenvalue weighted by molar-refractivity contribution is 8.09. The number of alkyl halides is 2. The average molecular weight is 616 g/mol. The standard InChI is InChI=1S/C24H32F2N7O6PS/c1-6-36-19(34)14(2)31-40(41,39-15-10-8-7-9-11-15)37-12-24(26)20(35)23(3,25)21(38-24)33-13-28-16-17(32(4)5)29-22(27)30-18(16)33/h7-11,13-14,20-21,35H,6,12H2,1-5H3,(H,31,41)(H2,27,29,30)/t14-,20-,21+,23+,24+,40-/m0/s1. The second kappa shape index (κ2) is 11.7. The van der Waals surface area contributed by atoms with Crippen molar-refractivity contribution in [2.75, 3.05) is 37.9 Å². The number of nitrogens with zero attached hydrogens (tertiary/aromatic N) is 5. The van der Waals surface area contributed by atoms with E-state index in [0.29, 0.717) is 5.82 Å². The van der Waals surface area contributed by atoms with Crippen molar-refractivity contribution in [3.63, 3.8) is 0 Å². The number of hydrogen-bond acceptors (Lipinski definition) is 12. The Hall–Kier alpha value is -3.01. The second-order valence-corrected chi connectivity index (χ2v) is 12.8. The third-order valence-corrected chi connectivity index (χ3v) is 8.70. The van der Waals surface area contributed by atoms with Gasteiger partial charge in [0.15, 0.2) is 35.0 Å². The number of aliphatic hydroxyl groups is 1. The lowest BCUT2D eigenvalue weighted by Crippen LogP contribution is -2.47. The normalized spacial score (nSPS) is 26.4. The number of para-hydroxylation sites is 1. The number of nitrogens with two attached hydrogens (primary N) is 1. The molecule has 0 saturated carbocycles. The maximum atomic E-state index is 16.3. The van der Waals surface area contributed by atoms with Crippen molar-refractivity contribution < 1.29 is 37.2 Å². The summed E-state index contributed by atoms with van der Waals surface area (Å²) in [6, 6.07) is 7.27. The van der Waals surface area contributed by atoms with Gasteiger partial charge >= 0.3 is 12.6 Å². The van der Waals surface area contributed by atoms with Gasteiger partial charge in [0.05, 0.1) is 12.9 Å². The molecule has 0 unspecified atom stereocenters. The molecule has 224 valence electrons. The number of esters is 1. The Balaban J connectivity index is 1.63. The number of carbonyl (C=O) groups excluding carboxylic acids is 1. The Bertz CT molecular complexity index is 1450. The number of carbonyl (C=O) groups is 1. The number of aromatic nitrogens is 4. The number of aliphatic hydroxyl groups excluding tert-OH is 1. The first-order valence-electron chi connectivity index (χ1n) is 12.6. The van der Waals surface area contributed by atoms with E-state index in [1.165, 1.54) is 13.3 Å². The Morgan fingerprint density at radius 2 is 2.02 bits per heavy atom. The van der Waals surface area contributed by atoms with E-state index in [1.807, 2.05) is 0 Å². The summed E-state index contributed by atoms with van der Waals surface area (Å²) in [5.41, 5.74) is 3.47. The van der Waals surface area contributed by atoms with Gasteiger partial charge in [-0.3, -0.25) is 9.36 Å². The average Bonchev–Trinajstić information content (AvgIpc) is 3.40. The molecular weight excluding hydrogens is 583 g/mol. The first kappa shape index (κ1) is 30.9. The van der Waals surface area contributed by atoms with Crippen molar-refractivity contribution in [2.45, 2.75) is 50.7 Å². The fraction of sp³-hybridized carbons (Fsp3) is 0.500.